The lowest BCUT2D eigenvalue weighted by atomic mass is 9.80. The van der Waals surface area contributed by atoms with Crippen LogP contribution >= 0.6 is 31.9 Å². The van der Waals surface area contributed by atoms with Gasteiger partial charge in [-0.2, -0.15) is 0 Å². The van der Waals surface area contributed by atoms with Gasteiger partial charge in [0.1, 0.15) is 0 Å². The van der Waals surface area contributed by atoms with Gasteiger partial charge in [0.25, 0.3) is 0 Å². The highest BCUT2D eigenvalue weighted by atomic mass is 79.9. The first-order chi connectivity index (χ1) is 7.12. The number of halogens is 2. The standard InChI is InChI=1S/C14H24Br2/c1-13(2,3)11(7-8-15)9-12(10-16)14(4,5)6/h7,9H,8,10H2,1-6H3/b11-7-,12-9+. The van der Waals surface area contributed by atoms with E-state index >= 15 is 0 Å². The van der Waals surface area contributed by atoms with Crippen molar-refractivity contribution in [1.82, 2.24) is 0 Å². The number of hydrogen-bond donors (Lipinski definition) is 0. The van der Waals surface area contributed by atoms with Crippen LogP contribution in [-0.4, -0.2) is 10.7 Å². The molecule has 0 heterocycles. The molecule has 0 saturated carbocycles. The third-order valence-electron chi connectivity index (χ3n) is 2.60. The molecule has 0 aromatic carbocycles. The van der Waals surface area contributed by atoms with Crippen LogP contribution < -0.4 is 0 Å². The highest BCUT2D eigenvalue weighted by Gasteiger charge is 2.20. The van der Waals surface area contributed by atoms with Crippen LogP contribution in [0.1, 0.15) is 41.5 Å². The van der Waals surface area contributed by atoms with Crippen molar-refractivity contribution in [3.63, 3.8) is 0 Å². The highest BCUT2D eigenvalue weighted by Crippen LogP contribution is 2.33. The summed E-state index contributed by atoms with van der Waals surface area (Å²) >= 11 is 7.08. The number of rotatable bonds is 3. The molecule has 0 nitrogen and oxygen atoms in total. The Hall–Kier alpha value is 0.440. The fourth-order valence-corrected chi connectivity index (χ4v) is 2.66. The normalized spacial score (nSPS) is 15.5. The lowest BCUT2D eigenvalue weighted by molar-refractivity contribution is 0.491. The fraction of sp³-hybridized carbons (Fsp3) is 0.714. The Bertz CT molecular complexity index is 272. The summed E-state index contributed by atoms with van der Waals surface area (Å²) < 4.78 is 0. The number of hydrogen-bond acceptors (Lipinski definition) is 0. The average molecular weight is 352 g/mol. The van der Waals surface area contributed by atoms with E-state index in [1.807, 2.05) is 0 Å². The van der Waals surface area contributed by atoms with Crippen LogP contribution in [0.25, 0.3) is 0 Å². The maximum absolute atomic E-state index is 3.59. The van der Waals surface area contributed by atoms with E-state index < -0.39 is 0 Å². The Kier molecular flexibility index (Phi) is 6.57. The molecular weight excluding hydrogens is 328 g/mol. The van der Waals surface area contributed by atoms with Crippen LogP contribution in [-0.2, 0) is 0 Å². The topological polar surface area (TPSA) is 0 Å². The number of allylic oxidation sites excluding steroid dienone is 4. The van der Waals surface area contributed by atoms with Gasteiger partial charge in [-0.1, -0.05) is 91.1 Å². The van der Waals surface area contributed by atoms with E-state index in [1.165, 1.54) is 11.1 Å². The average Bonchev–Trinajstić information content (AvgIpc) is 2.07. The Morgan fingerprint density at radius 1 is 0.938 bits per heavy atom. The molecule has 0 bridgehead atoms. The zero-order valence-electron chi connectivity index (χ0n) is 11.3. The van der Waals surface area contributed by atoms with Crippen molar-refractivity contribution in [1.29, 1.82) is 0 Å². The first kappa shape index (κ1) is 16.4. The molecule has 0 atom stereocenters. The minimum absolute atomic E-state index is 0.201. The van der Waals surface area contributed by atoms with Gasteiger partial charge < -0.3 is 0 Å². The molecule has 0 aromatic rings. The van der Waals surface area contributed by atoms with Crippen LogP contribution in [0.3, 0.4) is 0 Å². The van der Waals surface area contributed by atoms with Crippen molar-refractivity contribution in [2.45, 2.75) is 41.5 Å². The van der Waals surface area contributed by atoms with Gasteiger partial charge in [0, 0.05) is 10.7 Å². The molecule has 0 radical (unpaired) electrons. The molecule has 94 valence electrons. The second-order valence-electron chi connectivity index (χ2n) is 6.12. The first-order valence-electron chi connectivity index (χ1n) is 5.66. The van der Waals surface area contributed by atoms with Gasteiger partial charge in [-0.25, -0.2) is 0 Å². The Labute approximate surface area is 118 Å². The summed E-state index contributed by atoms with van der Waals surface area (Å²) in [5, 5.41) is 1.85. The van der Waals surface area contributed by atoms with E-state index in [-0.39, 0.29) is 10.8 Å². The fourth-order valence-electron chi connectivity index (χ4n) is 1.31. The van der Waals surface area contributed by atoms with Crippen molar-refractivity contribution in [2.24, 2.45) is 10.8 Å². The van der Waals surface area contributed by atoms with Crippen molar-refractivity contribution in [3.05, 3.63) is 23.3 Å². The Morgan fingerprint density at radius 2 is 1.44 bits per heavy atom. The van der Waals surface area contributed by atoms with Crippen molar-refractivity contribution < 1.29 is 0 Å². The minimum Gasteiger partial charge on any atom is -0.0883 e. The smallest absolute Gasteiger partial charge is 0.0250 e. The van der Waals surface area contributed by atoms with Gasteiger partial charge in [-0.15, -0.1) is 0 Å². The van der Waals surface area contributed by atoms with Gasteiger partial charge >= 0.3 is 0 Å². The minimum atomic E-state index is 0.201. The van der Waals surface area contributed by atoms with Crippen LogP contribution in [0.15, 0.2) is 23.3 Å². The summed E-state index contributed by atoms with van der Waals surface area (Å²) in [4.78, 5) is 0. The molecule has 0 saturated heterocycles. The molecule has 2 heteroatoms. The Balaban J connectivity index is 5.28. The van der Waals surface area contributed by atoms with Gasteiger partial charge in [0.05, 0.1) is 0 Å². The Morgan fingerprint density at radius 3 is 1.69 bits per heavy atom. The van der Waals surface area contributed by atoms with E-state index in [2.05, 4.69) is 85.6 Å². The van der Waals surface area contributed by atoms with Crippen LogP contribution in [0, 0.1) is 10.8 Å². The van der Waals surface area contributed by atoms with E-state index in [0.717, 1.165) is 10.7 Å². The molecule has 0 amide bonds. The highest BCUT2D eigenvalue weighted by molar-refractivity contribution is 9.09. The summed E-state index contributed by atoms with van der Waals surface area (Å²) in [7, 11) is 0. The molecule has 0 N–H and O–H groups in total. The molecule has 0 aromatic heterocycles. The van der Waals surface area contributed by atoms with Crippen molar-refractivity contribution >= 4 is 31.9 Å². The molecule has 0 aliphatic carbocycles. The summed E-state index contributed by atoms with van der Waals surface area (Å²) in [6, 6.07) is 0. The van der Waals surface area contributed by atoms with E-state index in [1.54, 1.807) is 0 Å². The van der Waals surface area contributed by atoms with Gasteiger partial charge in [-0.3, -0.25) is 0 Å². The predicted octanol–water partition coefficient (Wildman–Crippen LogP) is 5.72. The summed E-state index contributed by atoms with van der Waals surface area (Å²) in [6.45, 7) is 13.5. The lowest BCUT2D eigenvalue weighted by Crippen LogP contribution is -2.14. The zero-order valence-corrected chi connectivity index (χ0v) is 14.5. The maximum atomic E-state index is 3.59. The second kappa shape index (κ2) is 6.39. The zero-order chi connectivity index (χ0) is 13.0. The van der Waals surface area contributed by atoms with Crippen molar-refractivity contribution in [3.8, 4) is 0 Å². The second-order valence-corrected chi connectivity index (χ2v) is 7.33. The number of alkyl halides is 2. The van der Waals surface area contributed by atoms with Gasteiger partial charge in [0.2, 0.25) is 0 Å². The SMILES string of the molecule is CC(C)(C)C(=C\CBr)/C=C(\CBr)C(C)(C)C. The molecular formula is C14H24Br2. The monoisotopic (exact) mass is 350 g/mol. The molecule has 0 aliphatic rings. The molecule has 16 heavy (non-hydrogen) atoms. The van der Waals surface area contributed by atoms with E-state index in [4.69, 9.17) is 0 Å². The lowest BCUT2D eigenvalue weighted by Gasteiger charge is -2.26. The van der Waals surface area contributed by atoms with Crippen LogP contribution in [0.4, 0.5) is 0 Å². The quantitative estimate of drug-likeness (QED) is 0.450. The predicted molar refractivity (Wildman–Crippen MR) is 82.7 cm³/mol. The first-order valence-corrected chi connectivity index (χ1v) is 7.91. The van der Waals surface area contributed by atoms with E-state index in [0.29, 0.717) is 0 Å². The largest absolute Gasteiger partial charge is 0.0883 e. The van der Waals surface area contributed by atoms with Crippen LogP contribution in [0.5, 0.6) is 0 Å². The van der Waals surface area contributed by atoms with E-state index in [9.17, 15) is 0 Å². The molecule has 0 fully saturated rings. The van der Waals surface area contributed by atoms with Crippen LogP contribution in [0.2, 0.25) is 0 Å². The van der Waals surface area contributed by atoms with Crippen molar-refractivity contribution in [2.75, 3.05) is 10.7 Å². The van der Waals surface area contributed by atoms with Gasteiger partial charge in [0.15, 0.2) is 0 Å². The van der Waals surface area contributed by atoms with Gasteiger partial charge in [-0.05, 0) is 16.4 Å². The maximum Gasteiger partial charge on any atom is 0.0250 e. The molecule has 0 rings (SSSR count). The third kappa shape index (κ3) is 5.67. The summed E-state index contributed by atoms with van der Waals surface area (Å²) in [6.07, 6.45) is 4.60. The molecule has 0 unspecified atom stereocenters. The third-order valence-corrected chi connectivity index (χ3v) is 3.53. The molecule has 0 aliphatic heterocycles. The summed E-state index contributed by atoms with van der Waals surface area (Å²) in [5.74, 6) is 0. The molecule has 0 spiro atoms. The summed E-state index contributed by atoms with van der Waals surface area (Å²) in [5.41, 5.74) is 3.26.